The Labute approximate surface area is 247 Å². The second kappa shape index (κ2) is 11.5. The van der Waals surface area contributed by atoms with E-state index in [1.54, 1.807) is 11.3 Å². The van der Waals surface area contributed by atoms with Gasteiger partial charge in [0.25, 0.3) is 0 Å². The summed E-state index contributed by atoms with van der Waals surface area (Å²) in [5.74, 6) is 0.562. The van der Waals surface area contributed by atoms with E-state index in [2.05, 4.69) is 28.5 Å². The van der Waals surface area contributed by atoms with Crippen molar-refractivity contribution in [2.24, 2.45) is 0 Å². The zero-order valence-corrected chi connectivity index (χ0v) is 23.8. The minimum atomic E-state index is -4.58. The summed E-state index contributed by atoms with van der Waals surface area (Å²) in [5.41, 5.74) is 0.112. The van der Waals surface area contributed by atoms with E-state index in [0.29, 0.717) is 37.8 Å². The van der Waals surface area contributed by atoms with Crippen LogP contribution in [0.3, 0.4) is 0 Å². The molecular formula is C26H28F3N9O4S. The number of rotatable bonds is 7. The lowest BCUT2D eigenvalue weighted by Gasteiger charge is -2.30. The highest BCUT2D eigenvalue weighted by molar-refractivity contribution is 7.18. The van der Waals surface area contributed by atoms with Crippen molar-refractivity contribution in [2.75, 3.05) is 34.7 Å². The van der Waals surface area contributed by atoms with E-state index in [4.69, 9.17) is 25.1 Å². The van der Waals surface area contributed by atoms with Gasteiger partial charge >= 0.3 is 12.3 Å². The van der Waals surface area contributed by atoms with Crippen LogP contribution in [0.5, 0.6) is 5.75 Å². The number of hydrogen-bond acceptors (Lipinski definition) is 12. The van der Waals surface area contributed by atoms with Gasteiger partial charge in [0.05, 0.1) is 23.7 Å². The minimum Gasteiger partial charge on any atom is -0.410 e. The molecular weight excluding hydrogens is 591 g/mol. The first kappa shape index (κ1) is 28.9. The van der Waals surface area contributed by atoms with Crippen molar-refractivity contribution in [3.05, 3.63) is 46.9 Å². The summed E-state index contributed by atoms with van der Waals surface area (Å²) in [6.07, 6.45) is -2.79. The van der Waals surface area contributed by atoms with Gasteiger partial charge in [0.15, 0.2) is 5.82 Å². The van der Waals surface area contributed by atoms with Gasteiger partial charge in [-0.2, -0.15) is 18.2 Å². The van der Waals surface area contributed by atoms with E-state index in [9.17, 15) is 18.0 Å². The minimum absolute atomic E-state index is 0.0382. The third kappa shape index (κ3) is 6.00. The first-order valence-electron chi connectivity index (χ1n) is 13.6. The van der Waals surface area contributed by atoms with E-state index in [1.807, 2.05) is 9.80 Å². The standard InChI is InChI=1S/C26H28F3N9O4S/c1-2-3-18-12-19-21(35-10-11-37-20(14-35)33-34-23(37)26(27,28)29)31-24(32-22(19)43-18)36-9-8-15(13-36)30-25(39)42-17-6-4-16(5-7-17)38(40)41/h4-7,12,15,40-41H,2-3,8-11,13-14H2,1H3,(H,30,39). The summed E-state index contributed by atoms with van der Waals surface area (Å²) >= 11 is 1.57. The van der Waals surface area contributed by atoms with Crippen molar-refractivity contribution in [1.82, 2.24) is 30.0 Å². The fourth-order valence-corrected chi connectivity index (χ4v) is 6.37. The van der Waals surface area contributed by atoms with Crippen LogP contribution in [0.15, 0.2) is 30.3 Å². The molecule has 3 aromatic heterocycles. The van der Waals surface area contributed by atoms with Gasteiger partial charge in [-0.1, -0.05) is 13.3 Å². The number of fused-ring (bicyclic) bond motifs is 2. The predicted molar refractivity (Wildman–Crippen MR) is 150 cm³/mol. The monoisotopic (exact) mass is 619 g/mol. The van der Waals surface area contributed by atoms with Gasteiger partial charge in [-0.15, -0.1) is 26.8 Å². The summed E-state index contributed by atoms with van der Waals surface area (Å²) in [4.78, 5) is 28.1. The number of halogens is 3. The molecule has 1 fully saturated rings. The predicted octanol–water partition coefficient (Wildman–Crippen LogP) is 4.23. The number of aryl methyl sites for hydroxylation is 1. The molecule has 1 unspecified atom stereocenters. The molecule has 3 N–H and O–H groups in total. The van der Waals surface area contributed by atoms with E-state index >= 15 is 0 Å². The van der Waals surface area contributed by atoms with Gasteiger partial charge in [0.1, 0.15) is 16.4 Å². The van der Waals surface area contributed by atoms with E-state index in [0.717, 1.165) is 32.5 Å². The van der Waals surface area contributed by atoms with Gasteiger partial charge in [0.2, 0.25) is 11.8 Å². The van der Waals surface area contributed by atoms with Crippen molar-refractivity contribution in [3.8, 4) is 5.75 Å². The Hall–Kier alpha value is -4.22. The normalized spacial score (nSPS) is 16.9. The summed E-state index contributed by atoms with van der Waals surface area (Å²) in [6.45, 7) is 3.59. The first-order valence-corrected chi connectivity index (χ1v) is 14.5. The molecule has 0 aliphatic carbocycles. The van der Waals surface area contributed by atoms with Crippen LogP contribution in [0.25, 0.3) is 10.2 Å². The van der Waals surface area contributed by atoms with Gasteiger partial charge in [-0.05, 0) is 43.2 Å². The van der Waals surface area contributed by atoms with Crippen LogP contribution in [0, 0.1) is 0 Å². The van der Waals surface area contributed by atoms with E-state index < -0.39 is 18.1 Å². The molecule has 1 amide bonds. The van der Waals surface area contributed by atoms with Crippen LogP contribution in [0.2, 0.25) is 0 Å². The number of alkyl halides is 3. The molecule has 13 nitrogen and oxygen atoms in total. The lowest BCUT2D eigenvalue weighted by molar-refractivity contribution is -0.147. The van der Waals surface area contributed by atoms with Crippen molar-refractivity contribution in [1.29, 1.82) is 0 Å². The average molecular weight is 620 g/mol. The molecule has 1 saturated heterocycles. The quantitative estimate of drug-likeness (QED) is 0.256. The fourth-order valence-electron chi connectivity index (χ4n) is 5.26. The molecule has 5 heterocycles. The molecule has 1 aromatic carbocycles. The maximum atomic E-state index is 13.4. The van der Waals surface area contributed by atoms with Crippen molar-refractivity contribution >= 4 is 45.1 Å². The highest BCUT2D eigenvalue weighted by Gasteiger charge is 2.40. The zero-order chi connectivity index (χ0) is 30.3. The molecule has 0 bridgehead atoms. The number of hydrogen-bond donors (Lipinski definition) is 3. The number of carbonyl (C=O) groups is 1. The van der Waals surface area contributed by atoms with Crippen molar-refractivity contribution < 1.29 is 33.1 Å². The summed E-state index contributed by atoms with van der Waals surface area (Å²) < 4.78 is 46.6. The molecule has 1 atom stereocenters. The van der Waals surface area contributed by atoms with Crippen LogP contribution in [0.1, 0.15) is 36.3 Å². The summed E-state index contributed by atoms with van der Waals surface area (Å²) in [6, 6.07) is 7.43. The fraction of sp³-hybridized carbons (Fsp3) is 0.423. The van der Waals surface area contributed by atoms with Crippen LogP contribution in [-0.2, 0) is 25.7 Å². The number of ether oxygens (including phenoxy) is 1. The third-order valence-corrected chi connectivity index (χ3v) is 8.37. The Bertz CT molecular complexity index is 1630. The lowest BCUT2D eigenvalue weighted by atomic mass is 10.2. The Kier molecular flexibility index (Phi) is 7.70. The Morgan fingerprint density at radius 3 is 2.65 bits per heavy atom. The summed E-state index contributed by atoms with van der Waals surface area (Å²) in [5, 5.41) is 29.0. The highest BCUT2D eigenvalue weighted by Crippen LogP contribution is 2.36. The number of thiophene rings is 1. The lowest BCUT2D eigenvalue weighted by Crippen LogP contribution is -2.39. The number of nitrogens with zero attached hydrogens (tertiary/aromatic N) is 8. The SMILES string of the molecule is CCCc1cc2c(N3CCn4c(nnc4C(F)(F)F)C3)nc(N3CCC(NC(=O)Oc4ccc(N(O)O)cc4)C3)nc2s1. The van der Waals surface area contributed by atoms with E-state index in [-0.39, 0.29) is 41.6 Å². The van der Waals surface area contributed by atoms with Crippen LogP contribution in [0.4, 0.5) is 35.4 Å². The smallest absolute Gasteiger partial charge is 0.410 e. The Balaban J connectivity index is 1.20. The van der Waals surface area contributed by atoms with Gasteiger partial charge in [-0.25, -0.2) is 9.78 Å². The molecule has 0 saturated carbocycles. The second-order valence-corrected chi connectivity index (χ2v) is 11.4. The molecule has 2 aliphatic heterocycles. The van der Waals surface area contributed by atoms with Gasteiger partial charge in [-0.3, -0.25) is 10.4 Å². The topological polar surface area (TPSA) is 145 Å². The number of amides is 1. The van der Waals surface area contributed by atoms with Gasteiger partial charge in [0, 0.05) is 31.1 Å². The maximum Gasteiger partial charge on any atom is 0.451 e. The molecule has 17 heteroatoms. The Morgan fingerprint density at radius 1 is 1.14 bits per heavy atom. The van der Waals surface area contributed by atoms with Crippen molar-refractivity contribution in [3.63, 3.8) is 0 Å². The average Bonchev–Trinajstić information content (AvgIpc) is 3.70. The van der Waals surface area contributed by atoms with Crippen LogP contribution >= 0.6 is 11.3 Å². The number of carbonyl (C=O) groups excluding carboxylic acids is 1. The van der Waals surface area contributed by atoms with E-state index in [1.165, 1.54) is 24.3 Å². The summed E-state index contributed by atoms with van der Waals surface area (Å²) in [7, 11) is 0. The third-order valence-electron chi connectivity index (χ3n) is 7.29. The molecule has 6 rings (SSSR count). The number of aromatic nitrogens is 5. The largest absolute Gasteiger partial charge is 0.451 e. The highest BCUT2D eigenvalue weighted by atomic mass is 32.1. The molecule has 0 spiro atoms. The maximum absolute atomic E-state index is 13.4. The van der Waals surface area contributed by atoms with Crippen LogP contribution < -0.4 is 25.1 Å². The zero-order valence-electron chi connectivity index (χ0n) is 23.0. The molecule has 0 radical (unpaired) electrons. The molecule has 4 aromatic rings. The first-order chi connectivity index (χ1) is 20.6. The molecule has 2 aliphatic rings. The molecule has 228 valence electrons. The van der Waals surface area contributed by atoms with Crippen LogP contribution in [-0.4, -0.2) is 66.9 Å². The number of anilines is 3. The molecule has 43 heavy (non-hydrogen) atoms. The second-order valence-electron chi connectivity index (χ2n) is 10.3. The number of nitrogens with one attached hydrogen (secondary N) is 1. The number of benzene rings is 1. The Morgan fingerprint density at radius 2 is 1.93 bits per heavy atom. The van der Waals surface area contributed by atoms with Gasteiger partial charge < -0.3 is 24.4 Å². The van der Waals surface area contributed by atoms with Crippen molar-refractivity contribution in [2.45, 2.75) is 51.5 Å².